The Morgan fingerprint density at radius 3 is 2.49 bits per heavy atom. The number of benzene rings is 3. The number of carbonyl (C=O) groups excluding carboxylic acids is 1. The van der Waals surface area contributed by atoms with Crippen molar-refractivity contribution in [2.24, 2.45) is 22.7 Å². The van der Waals surface area contributed by atoms with Crippen molar-refractivity contribution in [2.45, 2.75) is 47.0 Å². The Morgan fingerprint density at radius 2 is 1.76 bits per heavy atom. The molecule has 2 N–H and O–H groups in total. The third-order valence-electron chi connectivity index (χ3n) is 8.86. The lowest BCUT2D eigenvalue weighted by molar-refractivity contribution is 0.224. The quantitative estimate of drug-likeness (QED) is 0.398. The van der Waals surface area contributed by atoms with Crippen molar-refractivity contribution in [1.29, 1.82) is 0 Å². The summed E-state index contributed by atoms with van der Waals surface area (Å²) in [6.45, 7) is 9.67. The summed E-state index contributed by atoms with van der Waals surface area (Å²) < 4.78 is 11.9. The van der Waals surface area contributed by atoms with E-state index in [9.17, 15) is 4.79 Å². The summed E-state index contributed by atoms with van der Waals surface area (Å²) in [5.74, 6) is 3.05. The molecule has 0 bridgehead atoms. The molecular formula is C35H41N3O3. The molecule has 3 aromatic rings. The lowest BCUT2D eigenvalue weighted by Crippen LogP contribution is -2.30. The molecule has 0 saturated carbocycles. The van der Waals surface area contributed by atoms with Crippen LogP contribution in [0.1, 0.15) is 46.1 Å². The van der Waals surface area contributed by atoms with E-state index in [0.29, 0.717) is 18.4 Å². The van der Waals surface area contributed by atoms with Crippen LogP contribution in [0.15, 0.2) is 65.7 Å². The lowest BCUT2D eigenvalue weighted by atomic mass is 9.81. The zero-order valence-electron chi connectivity index (χ0n) is 25.0. The smallest absolute Gasteiger partial charge is 0.318 e. The summed E-state index contributed by atoms with van der Waals surface area (Å²) in [6, 6.07) is 20.6. The van der Waals surface area contributed by atoms with E-state index in [-0.39, 0.29) is 11.9 Å². The molecule has 2 aliphatic heterocycles. The minimum atomic E-state index is -0.228. The highest BCUT2D eigenvalue weighted by Crippen LogP contribution is 2.36. The maximum atomic E-state index is 11.6. The van der Waals surface area contributed by atoms with Gasteiger partial charge in [-0.05, 0) is 109 Å². The highest BCUT2D eigenvalue weighted by Gasteiger charge is 2.25. The van der Waals surface area contributed by atoms with Crippen LogP contribution in [-0.4, -0.2) is 32.5 Å². The normalized spacial score (nSPS) is 20.3. The van der Waals surface area contributed by atoms with Crippen LogP contribution in [0, 0.1) is 17.8 Å². The molecule has 3 atom stereocenters. The first kappa shape index (κ1) is 28.5. The Morgan fingerprint density at radius 1 is 1.00 bits per heavy atom. The maximum absolute atomic E-state index is 11.6. The van der Waals surface area contributed by atoms with Gasteiger partial charge in [-0.25, -0.2) is 4.79 Å². The standard InChI is InChI=1S/C35H41N3O3/c1-21-17-28-18-27(25-7-10-29(11-8-25)38-35(39)36-5)9-14-34(28)41-16-15-26(21)19-33-31-13-12-30(40-6)20-32(31)23(3)22(2)24(4)37-33/h7-14,18,20-22,26H,15-17,19H2,1-6H3,(H2,36,38,39). The second-order valence-electron chi connectivity index (χ2n) is 11.4. The third kappa shape index (κ3) is 6.17. The molecule has 0 aromatic heterocycles. The maximum Gasteiger partial charge on any atom is 0.318 e. The molecule has 2 heterocycles. The molecule has 2 aliphatic rings. The van der Waals surface area contributed by atoms with Gasteiger partial charge in [0.25, 0.3) is 0 Å². The molecule has 214 valence electrons. The van der Waals surface area contributed by atoms with E-state index in [0.717, 1.165) is 53.3 Å². The van der Waals surface area contributed by atoms with Crippen molar-refractivity contribution in [3.05, 3.63) is 76.7 Å². The fourth-order valence-corrected chi connectivity index (χ4v) is 5.97. The Labute approximate surface area is 243 Å². The Bertz CT molecular complexity index is 1590. The van der Waals surface area contributed by atoms with Gasteiger partial charge in [0.05, 0.1) is 13.7 Å². The van der Waals surface area contributed by atoms with Crippen LogP contribution in [0.3, 0.4) is 0 Å². The monoisotopic (exact) mass is 551 g/mol. The highest BCUT2D eigenvalue weighted by atomic mass is 16.5. The van der Waals surface area contributed by atoms with Gasteiger partial charge in [-0.3, -0.25) is 4.99 Å². The Kier molecular flexibility index (Phi) is 8.48. The molecule has 0 saturated heterocycles. The van der Waals surface area contributed by atoms with Crippen LogP contribution >= 0.6 is 0 Å². The van der Waals surface area contributed by atoms with E-state index in [1.54, 1.807) is 14.2 Å². The molecule has 6 heteroatoms. The number of methoxy groups -OCH3 is 1. The first-order valence-electron chi connectivity index (χ1n) is 14.6. The minimum Gasteiger partial charge on any atom is -0.497 e. The molecule has 2 amide bonds. The van der Waals surface area contributed by atoms with Gasteiger partial charge in [0, 0.05) is 35.3 Å². The molecule has 3 aromatic carbocycles. The van der Waals surface area contributed by atoms with Crippen molar-refractivity contribution in [3.63, 3.8) is 0 Å². The summed E-state index contributed by atoms with van der Waals surface area (Å²) in [7, 11) is 3.33. The van der Waals surface area contributed by atoms with Crippen LogP contribution in [0.4, 0.5) is 10.5 Å². The molecular weight excluding hydrogens is 510 g/mol. The number of anilines is 1. The number of fused-ring (bicyclic) bond motifs is 2. The molecule has 0 fully saturated rings. The van der Waals surface area contributed by atoms with Gasteiger partial charge in [-0.1, -0.05) is 37.6 Å². The van der Waals surface area contributed by atoms with Crippen molar-refractivity contribution in [1.82, 2.24) is 5.32 Å². The van der Waals surface area contributed by atoms with Gasteiger partial charge in [0.1, 0.15) is 11.5 Å². The van der Waals surface area contributed by atoms with Crippen molar-refractivity contribution in [2.75, 3.05) is 26.1 Å². The summed E-state index contributed by atoms with van der Waals surface area (Å²) in [6.07, 6.45) is 2.84. The van der Waals surface area contributed by atoms with Crippen LogP contribution < -0.4 is 30.5 Å². The Balaban J connectivity index is 1.42. The second kappa shape index (κ2) is 12.2. The second-order valence-corrected chi connectivity index (χ2v) is 11.4. The summed E-state index contributed by atoms with van der Waals surface area (Å²) in [4.78, 5) is 16.9. The predicted molar refractivity (Wildman–Crippen MR) is 168 cm³/mol. The van der Waals surface area contributed by atoms with Crippen LogP contribution in [0.2, 0.25) is 0 Å². The van der Waals surface area contributed by atoms with E-state index < -0.39 is 0 Å². The highest BCUT2D eigenvalue weighted by molar-refractivity contribution is 5.94. The van der Waals surface area contributed by atoms with Crippen molar-refractivity contribution in [3.8, 4) is 22.6 Å². The van der Waals surface area contributed by atoms with Gasteiger partial charge in [0.2, 0.25) is 0 Å². The number of rotatable bonds is 5. The lowest BCUT2D eigenvalue weighted by Gasteiger charge is -2.28. The van der Waals surface area contributed by atoms with Crippen LogP contribution in [-0.2, 0) is 6.42 Å². The average molecular weight is 552 g/mol. The number of aliphatic imine (C=N–C) groups is 1. The molecule has 6 nitrogen and oxygen atoms in total. The predicted octanol–water partition coefficient (Wildman–Crippen LogP) is 6.17. The number of hydrogen-bond acceptors (Lipinski definition) is 4. The van der Waals surface area contributed by atoms with Gasteiger partial charge >= 0.3 is 6.03 Å². The number of carbonyl (C=O) groups is 1. The number of hydrogen-bond donors (Lipinski definition) is 2. The average Bonchev–Trinajstić information content (AvgIpc) is 3.06. The van der Waals surface area contributed by atoms with Gasteiger partial charge < -0.3 is 20.1 Å². The molecule has 5 rings (SSSR count). The summed E-state index contributed by atoms with van der Waals surface area (Å²) in [5, 5.41) is 7.86. The van der Waals surface area contributed by atoms with E-state index in [1.807, 2.05) is 24.3 Å². The zero-order chi connectivity index (χ0) is 29.1. The first-order valence-corrected chi connectivity index (χ1v) is 14.6. The fourth-order valence-electron chi connectivity index (χ4n) is 5.97. The van der Waals surface area contributed by atoms with E-state index in [4.69, 9.17) is 14.5 Å². The summed E-state index contributed by atoms with van der Waals surface area (Å²) in [5.41, 5.74) is 7.91. The third-order valence-corrected chi connectivity index (χ3v) is 8.86. The number of nitrogens with zero attached hydrogens (tertiary/aromatic N) is 1. The number of urea groups is 1. The van der Waals surface area contributed by atoms with Crippen LogP contribution in [0.5, 0.6) is 11.5 Å². The molecule has 41 heavy (non-hydrogen) atoms. The molecule has 0 radical (unpaired) electrons. The topological polar surface area (TPSA) is 72.0 Å². The molecule has 0 aliphatic carbocycles. The molecule has 0 spiro atoms. The molecule has 3 unspecified atom stereocenters. The van der Waals surface area contributed by atoms with Gasteiger partial charge in [-0.15, -0.1) is 0 Å². The SMILES string of the molecule is CNC(=O)Nc1ccc(-c2ccc3c(c2)CC(C)C(CC2=c4ccc(OC)cc4=C(C)C(C)C(C)=N2)CCO3)cc1. The van der Waals surface area contributed by atoms with Gasteiger partial charge in [-0.2, -0.15) is 0 Å². The van der Waals surface area contributed by atoms with E-state index in [2.05, 4.69) is 74.7 Å². The fraction of sp³-hybridized carbons (Fsp3) is 0.371. The van der Waals surface area contributed by atoms with Crippen molar-refractivity contribution >= 4 is 28.7 Å². The van der Waals surface area contributed by atoms with Crippen molar-refractivity contribution < 1.29 is 14.3 Å². The largest absolute Gasteiger partial charge is 0.497 e. The minimum absolute atomic E-state index is 0.228. The number of amides is 2. The zero-order valence-corrected chi connectivity index (χ0v) is 25.0. The first-order chi connectivity index (χ1) is 19.8. The summed E-state index contributed by atoms with van der Waals surface area (Å²) >= 11 is 0. The number of nitrogens with one attached hydrogen (secondary N) is 2. The number of ether oxygens (including phenoxy) is 2. The van der Waals surface area contributed by atoms with E-state index >= 15 is 0 Å². The Hall–Kier alpha value is -4.06. The van der Waals surface area contributed by atoms with Gasteiger partial charge in [0.15, 0.2) is 0 Å². The van der Waals surface area contributed by atoms with Crippen LogP contribution in [0.25, 0.3) is 22.4 Å². The van der Waals surface area contributed by atoms with E-state index in [1.165, 1.54) is 27.3 Å².